The smallest absolute Gasteiger partial charge is 0.409 e. The Hall–Kier alpha value is -1.98. The molecule has 2 rings (SSSR count). The number of hydrogen-bond donors (Lipinski definition) is 1. The topological polar surface area (TPSA) is 63.7 Å². The number of nitrogens with zero attached hydrogens (tertiary/aromatic N) is 2. The van der Waals surface area contributed by atoms with Crippen LogP contribution in [0.25, 0.3) is 0 Å². The highest BCUT2D eigenvalue weighted by atomic mass is 16.6. The van der Waals surface area contributed by atoms with Crippen molar-refractivity contribution < 1.29 is 14.3 Å². The third kappa shape index (κ3) is 3.53. The summed E-state index contributed by atoms with van der Waals surface area (Å²) in [5.41, 5.74) is 0.893. The minimum Gasteiger partial charge on any atom is -0.480 e. The SMILES string of the molecule is CCOC(=O)N1CCC(Nc2cccnc2OC)CC1. The Labute approximate surface area is 119 Å². The number of aromatic nitrogens is 1. The van der Waals surface area contributed by atoms with E-state index < -0.39 is 0 Å². The van der Waals surface area contributed by atoms with E-state index in [-0.39, 0.29) is 6.09 Å². The van der Waals surface area contributed by atoms with Crippen LogP contribution >= 0.6 is 0 Å². The second-order valence-electron chi connectivity index (χ2n) is 4.66. The van der Waals surface area contributed by atoms with E-state index in [0.29, 0.717) is 31.6 Å². The molecule has 0 atom stereocenters. The van der Waals surface area contributed by atoms with Gasteiger partial charge in [-0.3, -0.25) is 0 Å². The monoisotopic (exact) mass is 279 g/mol. The van der Waals surface area contributed by atoms with Crippen molar-refractivity contribution in [2.75, 3.05) is 32.1 Å². The number of nitrogens with one attached hydrogen (secondary N) is 1. The van der Waals surface area contributed by atoms with Gasteiger partial charge in [0.1, 0.15) is 0 Å². The maximum Gasteiger partial charge on any atom is 0.409 e. The molecule has 1 fully saturated rings. The zero-order valence-corrected chi connectivity index (χ0v) is 12.0. The minimum absolute atomic E-state index is 0.218. The van der Waals surface area contributed by atoms with Gasteiger partial charge in [-0.15, -0.1) is 0 Å². The maximum absolute atomic E-state index is 11.6. The van der Waals surface area contributed by atoms with Crippen LogP contribution in [0.3, 0.4) is 0 Å². The van der Waals surface area contributed by atoms with Crippen molar-refractivity contribution >= 4 is 11.8 Å². The van der Waals surface area contributed by atoms with Crippen molar-refractivity contribution in [3.05, 3.63) is 18.3 Å². The fraction of sp³-hybridized carbons (Fsp3) is 0.571. The van der Waals surface area contributed by atoms with Gasteiger partial charge in [0.25, 0.3) is 0 Å². The summed E-state index contributed by atoms with van der Waals surface area (Å²) < 4.78 is 10.2. The third-order valence-corrected chi connectivity index (χ3v) is 3.35. The predicted molar refractivity (Wildman–Crippen MR) is 76.0 cm³/mol. The maximum atomic E-state index is 11.6. The Kier molecular flexibility index (Phi) is 5.03. The molecule has 1 N–H and O–H groups in total. The number of carbonyl (C=O) groups excluding carboxylic acids is 1. The molecule has 1 aliphatic heterocycles. The highest BCUT2D eigenvalue weighted by Crippen LogP contribution is 2.23. The Balaban J connectivity index is 1.87. The lowest BCUT2D eigenvalue weighted by molar-refractivity contribution is 0.0983. The molecule has 0 bridgehead atoms. The summed E-state index contributed by atoms with van der Waals surface area (Å²) in [6.07, 6.45) is 3.26. The van der Waals surface area contributed by atoms with Crippen molar-refractivity contribution in [3.63, 3.8) is 0 Å². The molecule has 0 aliphatic carbocycles. The molecular weight excluding hydrogens is 258 g/mol. The number of hydrogen-bond acceptors (Lipinski definition) is 5. The zero-order chi connectivity index (χ0) is 14.4. The van der Waals surface area contributed by atoms with Crippen LogP contribution in [-0.4, -0.2) is 48.8 Å². The minimum atomic E-state index is -0.218. The molecule has 1 saturated heterocycles. The first-order chi connectivity index (χ1) is 9.74. The van der Waals surface area contributed by atoms with E-state index in [1.165, 1.54) is 0 Å². The summed E-state index contributed by atoms with van der Waals surface area (Å²) >= 11 is 0. The summed E-state index contributed by atoms with van der Waals surface area (Å²) in [6, 6.07) is 4.14. The Morgan fingerprint density at radius 3 is 2.90 bits per heavy atom. The van der Waals surface area contributed by atoms with E-state index in [0.717, 1.165) is 18.5 Å². The Morgan fingerprint density at radius 1 is 1.50 bits per heavy atom. The first-order valence-corrected chi connectivity index (χ1v) is 6.91. The average Bonchev–Trinajstić information content (AvgIpc) is 2.49. The van der Waals surface area contributed by atoms with Crippen LogP contribution in [0.2, 0.25) is 0 Å². The number of piperidine rings is 1. The van der Waals surface area contributed by atoms with Crippen molar-refractivity contribution in [2.45, 2.75) is 25.8 Å². The summed E-state index contributed by atoms with van der Waals surface area (Å²) in [7, 11) is 1.61. The molecule has 1 amide bonds. The molecule has 0 spiro atoms. The third-order valence-electron chi connectivity index (χ3n) is 3.35. The Bertz CT molecular complexity index is 445. The molecule has 0 saturated carbocycles. The van der Waals surface area contributed by atoms with E-state index in [2.05, 4.69) is 10.3 Å². The van der Waals surface area contributed by atoms with Crippen LogP contribution in [0.1, 0.15) is 19.8 Å². The van der Waals surface area contributed by atoms with Crippen molar-refractivity contribution in [3.8, 4) is 5.88 Å². The van der Waals surface area contributed by atoms with Crippen LogP contribution in [0.4, 0.5) is 10.5 Å². The fourth-order valence-corrected chi connectivity index (χ4v) is 2.30. The van der Waals surface area contributed by atoms with E-state index >= 15 is 0 Å². The molecule has 0 unspecified atom stereocenters. The van der Waals surface area contributed by atoms with Crippen molar-refractivity contribution in [1.29, 1.82) is 0 Å². The fourth-order valence-electron chi connectivity index (χ4n) is 2.30. The normalized spacial score (nSPS) is 15.8. The lowest BCUT2D eigenvalue weighted by Gasteiger charge is -2.32. The summed E-state index contributed by atoms with van der Waals surface area (Å²) in [4.78, 5) is 17.5. The van der Waals surface area contributed by atoms with Crippen LogP contribution in [0.15, 0.2) is 18.3 Å². The lowest BCUT2D eigenvalue weighted by Crippen LogP contribution is -2.42. The molecule has 1 aromatic rings. The van der Waals surface area contributed by atoms with Crippen LogP contribution in [0.5, 0.6) is 5.88 Å². The summed E-state index contributed by atoms with van der Waals surface area (Å²) in [6.45, 7) is 3.66. The number of carbonyl (C=O) groups is 1. The first kappa shape index (κ1) is 14.4. The second kappa shape index (κ2) is 6.98. The molecule has 20 heavy (non-hydrogen) atoms. The number of likely N-dealkylation sites (tertiary alicyclic amines) is 1. The van der Waals surface area contributed by atoms with E-state index in [1.54, 1.807) is 18.2 Å². The second-order valence-corrected chi connectivity index (χ2v) is 4.66. The van der Waals surface area contributed by atoms with E-state index in [4.69, 9.17) is 9.47 Å². The average molecular weight is 279 g/mol. The van der Waals surface area contributed by atoms with Crippen molar-refractivity contribution in [1.82, 2.24) is 9.88 Å². The molecule has 6 heteroatoms. The zero-order valence-electron chi connectivity index (χ0n) is 12.0. The predicted octanol–water partition coefficient (Wildman–Crippen LogP) is 2.12. The molecule has 0 aromatic carbocycles. The molecule has 1 aromatic heterocycles. The first-order valence-electron chi connectivity index (χ1n) is 6.91. The number of amides is 1. The van der Waals surface area contributed by atoms with Gasteiger partial charge in [0.2, 0.25) is 5.88 Å². The molecular formula is C14H21N3O3. The Morgan fingerprint density at radius 2 is 2.25 bits per heavy atom. The molecule has 1 aliphatic rings. The quantitative estimate of drug-likeness (QED) is 0.914. The van der Waals surface area contributed by atoms with Gasteiger partial charge in [-0.1, -0.05) is 0 Å². The van der Waals surface area contributed by atoms with Gasteiger partial charge in [0, 0.05) is 25.3 Å². The van der Waals surface area contributed by atoms with Crippen LogP contribution in [0, 0.1) is 0 Å². The highest BCUT2D eigenvalue weighted by Gasteiger charge is 2.24. The molecule has 6 nitrogen and oxygen atoms in total. The summed E-state index contributed by atoms with van der Waals surface area (Å²) in [5, 5.41) is 3.43. The van der Waals surface area contributed by atoms with Gasteiger partial charge in [0.05, 0.1) is 19.4 Å². The lowest BCUT2D eigenvalue weighted by atomic mass is 10.1. The standard InChI is InChI=1S/C14H21N3O3/c1-3-20-14(18)17-9-6-11(7-10-17)16-12-5-4-8-15-13(12)19-2/h4-5,8,11,16H,3,6-7,9-10H2,1-2H3. The number of ether oxygens (including phenoxy) is 2. The molecule has 2 heterocycles. The largest absolute Gasteiger partial charge is 0.480 e. The van der Waals surface area contributed by atoms with Gasteiger partial charge in [0.15, 0.2) is 0 Å². The van der Waals surface area contributed by atoms with Gasteiger partial charge >= 0.3 is 6.09 Å². The number of methoxy groups -OCH3 is 1. The number of anilines is 1. The van der Waals surface area contributed by atoms with Crippen molar-refractivity contribution in [2.24, 2.45) is 0 Å². The van der Waals surface area contributed by atoms with Crippen LogP contribution < -0.4 is 10.1 Å². The molecule has 0 radical (unpaired) electrons. The van der Waals surface area contributed by atoms with E-state index in [1.807, 2.05) is 19.1 Å². The number of rotatable bonds is 4. The van der Waals surface area contributed by atoms with Gasteiger partial charge in [-0.25, -0.2) is 9.78 Å². The van der Waals surface area contributed by atoms with Crippen LogP contribution in [-0.2, 0) is 4.74 Å². The number of pyridine rings is 1. The van der Waals surface area contributed by atoms with Gasteiger partial charge in [-0.05, 0) is 31.9 Å². The van der Waals surface area contributed by atoms with Gasteiger partial charge in [-0.2, -0.15) is 0 Å². The summed E-state index contributed by atoms with van der Waals surface area (Å²) in [5.74, 6) is 0.598. The van der Waals surface area contributed by atoms with E-state index in [9.17, 15) is 4.79 Å². The molecule has 110 valence electrons. The van der Waals surface area contributed by atoms with Gasteiger partial charge < -0.3 is 19.7 Å². The highest BCUT2D eigenvalue weighted by molar-refractivity contribution is 5.67.